The molecule has 100 valence electrons. The Labute approximate surface area is 108 Å². The number of nitrogens with one attached hydrogen (secondary N) is 1. The van der Waals surface area contributed by atoms with E-state index in [-0.39, 0.29) is 11.4 Å². The van der Waals surface area contributed by atoms with Gasteiger partial charge < -0.3 is 15.8 Å². The molecule has 1 aliphatic carbocycles. The predicted molar refractivity (Wildman–Crippen MR) is 71.4 cm³/mol. The van der Waals surface area contributed by atoms with Crippen LogP contribution in [0.1, 0.15) is 26.2 Å². The van der Waals surface area contributed by atoms with Crippen LogP contribution in [0.15, 0.2) is 18.2 Å². The van der Waals surface area contributed by atoms with E-state index in [4.69, 9.17) is 10.5 Å². The van der Waals surface area contributed by atoms with Gasteiger partial charge in [0.25, 0.3) is 0 Å². The van der Waals surface area contributed by atoms with Crippen LogP contribution in [0.2, 0.25) is 0 Å². The Morgan fingerprint density at radius 2 is 2.33 bits per heavy atom. The summed E-state index contributed by atoms with van der Waals surface area (Å²) < 4.78 is 19.0. The van der Waals surface area contributed by atoms with Crippen LogP contribution in [-0.4, -0.2) is 19.2 Å². The highest BCUT2D eigenvalue weighted by atomic mass is 19.1. The van der Waals surface area contributed by atoms with E-state index < -0.39 is 0 Å². The highest BCUT2D eigenvalue weighted by Crippen LogP contribution is 2.38. The number of ether oxygens (including phenoxy) is 1. The number of anilines is 1. The molecule has 2 rings (SSSR count). The van der Waals surface area contributed by atoms with Crippen molar-refractivity contribution >= 4 is 5.69 Å². The van der Waals surface area contributed by atoms with Crippen LogP contribution in [-0.2, 0) is 0 Å². The minimum Gasteiger partial charge on any atom is -0.497 e. The molecular weight excluding hydrogens is 231 g/mol. The molecule has 0 spiro atoms. The molecule has 0 saturated heterocycles. The molecule has 0 aromatic heterocycles. The van der Waals surface area contributed by atoms with Crippen molar-refractivity contribution in [1.29, 1.82) is 0 Å². The van der Waals surface area contributed by atoms with Crippen molar-refractivity contribution in [2.45, 2.75) is 31.7 Å². The van der Waals surface area contributed by atoms with Gasteiger partial charge in [0, 0.05) is 12.6 Å². The summed E-state index contributed by atoms with van der Waals surface area (Å²) in [6.07, 6.45) is 3.26. The fourth-order valence-corrected chi connectivity index (χ4v) is 2.78. The summed E-state index contributed by atoms with van der Waals surface area (Å²) in [5.41, 5.74) is 6.20. The van der Waals surface area contributed by atoms with E-state index in [1.165, 1.54) is 6.07 Å². The van der Waals surface area contributed by atoms with E-state index >= 15 is 0 Å². The summed E-state index contributed by atoms with van der Waals surface area (Å²) >= 11 is 0. The third kappa shape index (κ3) is 2.29. The molecule has 3 N–H and O–H groups in total. The molecule has 0 aliphatic heterocycles. The minimum atomic E-state index is -0.261. The van der Waals surface area contributed by atoms with Crippen molar-refractivity contribution in [3.63, 3.8) is 0 Å². The molecule has 18 heavy (non-hydrogen) atoms. The molecule has 1 aromatic rings. The van der Waals surface area contributed by atoms with Gasteiger partial charge in [0.05, 0.1) is 18.3 Å². The van der Waals surface area contributed by atoms with E-state index in [9.17, 15) is 4.39 Å². The van der Waals surface area contributed by atoms with Crippen molar-refractivity contribution in [2.75, 3.05) is 19.0 Å². The van der Waals surface area contributed by atoms with Gasteiger partial charge in [0.1, 0.15) is 11.6 Å². The first kappa shape index (κ1) is 13.1. The lowest BCUT2D eigenvalue weighted by Gasteiger charge is -2.35. The number of hydrogen-bond acceptors (Lipinski definition) is 3. The summed E-state index contributed by atoms with van der Waals surface area (Å²) in [5.74, 6) is 0.840. The molecule has 3 nitrogen and oxygen atoms in total. The van der Waals surface area contributed by atoms with Crippen LogP contribution < -0.4 is 15.8 Å². The van der Waals surface area contributed by atoms with E-state index in [0.717, 1.165) is 19.3 Å². The van der Waals surface area contributed by atoms with Crippen molar-refractivity contribution in [1.82, 2.24) is 0 Å². The normalized spacial score (nSPS) is 27.2. The second-order valence-corrected chi connectivity index (χ2v) is 5.12. The highest BCUT2D eigenvalue weighted by Gasteiger charge is 2.39. The number of benzene rings is 1. The Bertz CT molecular complexity index is 424. The smallest absolute Gasteiger partial charge is 0.146 e. The zero-order valence-electron chi connectivity index (χ0n) is 11.0. The van der Waals surface area contributed by atoms with Gasteiger partial charge in [0.15, 0.2) is 0 Å². The molecule has 2 unspecified atom stereocenters. The zero-order chi connectivity index (χ0) is 13.2. The van der Waals surface area contributed by atoms with Crippen LogP contribution in [0.5, 0.6) is 5.75 Å². The minimum absolute atomic E-state index is 0.187. The van der Waals surface area contributed by atoms with Crippen LogP contribution in [0, 0.1) is 11.7 Å². The van der Waals surface area contributed by atoms with Crippen molar-refractivity contribution in [3.05, 3.63) is 24.0 Å². The van der Waals surface area contributed by atoms with Gasteiger partial charge in [-0.2, -0.15) is 0 Å². The van der Waals surface area contributed by atoms with Crippen molar-refractivity contribution < 1.29 is 9.13 Å². The monoisotopic (exact) mass is 252 g/mol. The second kappa shape index (κ2) is 5.14. The van der Waals surface area contributed by atoms with Crippen LogP contribution in [0.3, 0.4) is 0 Å². The molecule has 0 radical (unpaired) electrons. The topological polar surface area (TPSA) is 47.3 Å². The van der Waals surface area contributed by atoms with E-state index in [2.05, 4.69) is 12.2 Å². The SMILES string of the molecule is COc1ccc(F)c(NC2(CN)CCCC2C)c1. The van der Waals surface area contributed by atoms with Crippen LogP contribution in [0.25, 0.3) is 0 Å². The van der Waals surface area contributed by atoms with Crippen LogP contribution >= 0.6 is 0 Å². The summed E-state index contributed by atoms with van der Waals surface area (Å²) in [7, 11) is 1.58. The van der Waals surface area contributed by atoms with Crippen LogP contribution in [0.4, 0.5) is 10.1 Å². The number of hydrogen-bond donors (Lipinski definition) is 2. The quantitative estimate of drug-likeness (QED) is 0.866. The molecule has 2 atom stereocenters. The molecule has 1 fully saturated rings. The Hall–Kier alpha value is -1.29. The first-order valence-corrected chi connectivity index (χ1v) is 6.43. The summed E-state index contributed by atoms with van der Waals surface area (Å²) in [4.78, 5) is 0. The van der Waals surface area contributed by atoms with Crippen molar-refractivity contribution in [3.8, 4) is 5.75 Å². The van der Waals surface area contributed by atoms with Crippen molar-refractivity contribution in [2.24, 2.45) is 11.7 Å². The molecule has 1 aromatic carbocycles. The Balaban J connectivity index is 2.27. The Morgan fingerprint density at radius 1 is 1.56 bits per heavy atom. The van der Waals surface area contributed by atoms with Gasteiger partial charge in [-0.3, -0.25) is 0 Å². The number of nitrogens with two attached hydrogens (primary N) is 1. The van der Waals surface area contributed by atoms with Gasteiger partial charge in [-0.25, -0.2) is 4.39 Å². The van der Waals surface area contributed by atoms with E-state index in [1.807, 2.05) is 0 Å². The van der Waals surface area contributed by atoms with Gasteiger partial charge in [-0.15, -0.1) is 0 Å². The summed E-state index contributed by atoms with van der Waals surface area (Å²) in [6, 6.07) is 4.73. The highest BCUT2D eigenvalue weighted by molar-refractivity contribution is 5.52. The molecular formula is C14H21FN2O. The summed E-state index contributed by atoms with van der Waals surface area (Å²) in [5, 5.41) is 3.32. The zero-order valence-corrected chi connectivity index (χ0v) is 11.0. The lowest BCUT2D eigenvalue weighted by molar-refractivity contribution is 0.378. The van der Waals surface area contributed by atoms with E-state index in [0.29, 0.717) is 23.9 Å². The Morgan fingerprint density at radius 3 is 2.89 bits per heavy atom. The molecule has 1 saturated carbocycles. The molecule has 0 heterocycles. The third-order valence-corrected chi connectivity index (χ3v) is 4.12. The number of halogens is 1. The molecule has 1 aliphatic rings. The van der Waals surface area contributed by atoms with Gasteiger partial charge in [0.2, 0.25) is 0 Å². The maximum Gasteiger partial charge on any atom is 0.146 e. The van der Waals surface area contributed by atoms with Gasteiger partial charge >= 0.3 is 0 Å². The fraction of sp³-hybridized carbons (Fsp3) is 0.571. The first-order chi connectivity index (χ1) is 8.61. The van der Waals surface area contributed by atoms with Gasteiger partial charge in [-0.1, -0.05) is 13.3 Å². The maximum absolute atomic E-state index is 13.8. The second-order valence-electron chi connectivity index (χ2n) is 5.12. The van der Waals surface area contributed by atoms with Gasteiger partial charge in [-0.05, 0) is 30.9 Å². The Kier molecular flexibility index (Phi) is 3.76. The predicted octanol–water partition coefficient (Wildman–Crippen LogP) is 2.76. The third-order valence-electron chi connectivity index (χ3n) is 4.12. The first-order valence-electron chi connectivity index (χ1n) is 6.43. The average molecular weight is 252 g/mol. The average Bonchev–Trinajstić information content (AvgIpc) is 2.74. The van der Waals surface area contributed by atoms with E-state index in [1.54, 1.807) is 19.2 Å². The number of rotatable bonds is 4. The number of methoxy groups -OCH3 is 1. The maximum atomic E-state index is 13.8. The lowest BCUT2D eigenvalue weighted by Crippen LogP contribution is -2.47. The standard InChI is InChI=1S/C14H21FN2O/c1-10-4-3-7-14(10,9-16)17-13-8-11(18-2)5-6-12(13)15/h5-6,8,10,17H,3-4,7,9,16H2,1-2H3. The largest absolute Gasteiger partial charge is 0.497 e. The molecule has 4 heteroatoms. The fourth-order valence-electron chi connectivity index (χ4n) is 2.78. The summed E-state index contributed by atoms with van der Waals surface area (Å²) in [6.45, 7) is 2.69. The lowest BCUT2D eigenvalue weighted by atomic mass is 9.88. The molecule has 0 amide bonds. The molecule has 0 bridgehead atoms.